The third-order valence-electron chi connectivity index (χ3n) is 3.64. The molecular weight excluding hydrogens is 282 g/mol. The van der Waals surface area contributed by atoms with Crippen LogP contribution in [0.2, 0.25) is 0 Å². The minimum atomic E-state index is -0.427. The van der Waals surface area contributed by atoms with Gasteiger partial charge in [-0.05, 0) is 53.0 Å². The number of amides is 1. The van der Waals surface area contributed by atoms with Crippen molar-refractivity contribution in [2.75, 3.05) is 19.6 Å². The number of oxazole rings is 1. The van der Waals surface area contributed by atoms with Crippen LogP contribution in [0.5, 0.6) is 0 Å². The van der Waals surface area contributed by atoms with Crippen molar-refractivity contribution in [2.45, 2.75) is 52.7 Å². The fourth-order valence-electron chi connectivity index (χ4n) is 2.51. The normalized spacial score (nSPS) is 16.8. The quantitative estimate of drug-likeness (QED) is 0.926. The first-order valence-corrected chi connectivity index (χ1v) is 7.93. The Balaban J connectivity index is 1.65. The molecule has 0 aliphatic carbocycles. The molecule has 2 rings (SSSR count). The van der Waals surface area contributed by atoms with E-state index in [9.17, 15) is 4.79 Å². The fourth-order valence-corrected chi connectivity index (χ4v) is 2.51. The molecule has 0 aromatic carbocycles. The second-order valence-corrected chi connectivity index (χ2v) is 6.91. The van der Waals surface area contributed by atoms with Crippen molar-refractivity contribution in [3.8, 4) is 0 Å². The number of nitrogens with zero attached hydrogens (tertiary/aromatic N) is 2. The number of carbonyl (C=O) groups excluding carboxylic acids is 1. The highest BCUT2D eigenvalue weighted by atomic mass is 16.6. The number of hydrogen-bond acceptors (Lipinski definition) is 5. The van der Waals surface area contributed by atoms with Gasteiger partial charge in [-0.3, -0.25) is 0 Å². The highest BCUT2D eigenvalue weighted by Gasteiger charge is 2.26. The van der Waals surface area contributed by atoms with Crippen LogP contribution in [0.25, 0.3) is 0 Å². The molecule has 0 unspecified atom stereocenters. The van der Waals surface area contributed by atoms with E-state index in [-0.39, 0.29) is 6.09 Å². The molecule has 0 bridgehead atoms. The Morgan fingerprint density at radius 3 is 2.68 bits per heavy atom. The van der Waals surface area contributed by atoms with Gasteiger partial charge in [-0.15, -0.1) is 0 Å². The van der Waals surface area contributed by atoms with Gasteiger partial charge in [0, 0.05) is 13.1 Å². The van der Waals surface area contributed by atoms with E-state index in [4.69, 9.17) is 9.15 Å². The lowest BCUT2D eigenvalue weighted by atomic mass is 9.97. The Labute approximate surface area is 132 Å². The van der Waals surface area contributed by atoms with Gasteiger partial charge in [0.2, 0.25) is 5.89 Å². The summed E-state index contributed by atoms with van der Waals surface area (Å²) in [5, 5.41) is 3.38. The first-order chi connectivity index (χ1) is 10.3. The SMILES string of the molecule is Cc1cnc(CNCC2CCN(C(=O)OC(C)(C)C)CC2)o1. The number of ether oxygens (including phenoxy) is 1. The Bertz CT molecular complexity index is 485. The van der Waals surface area contributed by atoms with Gasteiger partial charge >= 0.3 is 6.09 Å². The first kappa shape index (κ1) is 16.8. The molecule has 1 saturated heterocycles. The van der Waals surface area contributed by atoms with E-state index >= 15 is 0 Å². The molecule has 0 saturated carbocycles. The van der Waals surface area contributed by atoms with Crippen LogP contribution in [0.15, 0.2) is 10.6 Å². The number of nitrogens with one attached hydrogen (secondary N) is 1. The van der Waals surface area contributed by atoms with E-state index in [1.54, 1.807) is 11.1 Å². The molecule has 1 aromatic heterocycles. The van der Waals surface area contributed by atoms with E-state index in [1.165, 1.54) is 0 Å². The topological polar surface area (TPSA) is 67.6 Å². The zero-order valence-electron chi connectivity index (χ0n) is 14.0. The third-order valence-corrected chi connectivity index (χ3v) is 3.64. The largest absolute Gasteiger partial charge is 0.445 e. The molecule has 22 heavy (non-hydrogen) atoms. The van der Waals surface area contributed by atoms with E-state index in [2.05, 4.69) is 10.3 Å². The van der Waals surface area contributed by atoms with Crippen LogP contribution >= 0.6 is 0 Å². The van der Waals surface area contributed by atoms with Crippen LogP contribution in [0.3, 0.4) is 0 Å². The molecular formula is C16H27N3O3. The van der Waals surface area contributed by atoms with Crippen molar-refractivity contribution >= 4 is 6.09 Å². The monoisotopic (exact) mass is 309 g/mol. The Kier molecular flexibility index (Phi) is 5.45. The van der Waals surface area contributed by atoms with Gasteiger partial charge in [-0.2, -0.15) is 0 Å². The summed E-state index contributed by atoms with van der Waals surface area (Å²) >= 11 is 0. The van der Waals surface area contributed by atoms with Crippen molar-refractivity contribution in [3.05, 3.63) is 17.8 Å². The summed E-state index contributed by atoms with van der Waals surface area (Å²) in [6, 6.07) is 0. The van der Waals surface area contributed by atoms with Crippen LogP contribution in [0.1, 0.15) is 45.3 Å². The molecule has 1 aromatic rings. The number of aromatic nitrogens is 1. The van der Waals surface area contributed by atoms with E-state index in [1.807, 2.05) is 27.7 Å². The zero-order chi connectivity index (χ0) is 16.2. The van der Waals surface area contributed by atoms with Gasteiger partial charge < -0.3 is 19.4 Å². The van der Waals surface area contributed by atoms with Crippen molar-refractivity contribution in [1.29, 1.82) is 0 Å². The number of aryl methyl sites for hydroxylation is 1. The molecule has 0 atom stereocenters. The van der Waals surface area contributed by atoms with Crippen molar-refractivity contribution in [3.63, 3.8) is 0 Å². The van der Waals surface area contributed by atoms with Crippen molar-refractivity contribution in [2.24, 2.45) is 5.92 Å². The van der Waals surface area contributed by atoms with Gasteiger partial charge in [-0.25, -0.2) is 9.78 Å². The number of hydrogen-bond donors (Lipinski definition) is 1. The second-order valence-electron chi connectivity index (χ2n) is 6.91. The zero-order valence-corrected chi connectivity index (χ0v) is 14.0. The minimum Gasteiger partial charge on any atom is -0.445 e. The molecule has 1 fully saturated rings. The van der Waals surface area contributed by atoms with Crippen LogP contribution in [-0.4, -0.2) is 41.2 Å². The molecule has 1 aliphatic rings. The maximum atomic E-state index is 12.0. The molecule has 1 aliphatic heterocycles. The molecule has 6 nitrogen and oxygen atoms in total. The molecule has 0 spiro atoms. The van der Waals surface area contributed by atoms with Gasteiger partial charge in [0.25, 0.3) is 0 Å². The summed E-state index contributed by atoms with van der Waals surface area (Å²) < 4.78 is 10.8. The summed E-state index contributed by atoms with van der Waals surface area (Å²) in [5.74, 6) is 2.14. The summed E-state index contributed by atoms with van der Waals surface area (Å²) in [6.45, 7) is 10.7. The van der Waals surface area contributed by atoms with Crippen LogP contribution in [0, 0.1) is 12.8 Å². The predicted octanol–water partition coefficient (Wildman–Crippen LogP) is 2.72. The number of rotatable bonds is 4. The van der Waals surface area contributed by atoms with E-state index < -0.39 is 5.60 Å². The second kappa shape index (κ2) is 7.13. The highest BCUT2D eigenvalue weighted by molar-refractivity contribution is 5.68. The first-order valence-electron chi connectivity index (χ1n) is 7.93. The van der Waals surface area contributed by atoms with Crippen LogP contribution < -0.4 is 5.32 Å². The Hall–Kier alpha value is -1.56. The summed E-state index contributed by atoms with van der Waals surface area (Å²) in [4.78, 5) is 18.0. The average molecular weight is 309 g/mol. The predicted molar refractivity (Wildman–Crippen MR) is 83.5 cm³/mol. The molecule has 2 heterocycles. The molecule has 6 heteroatoms. The van der Waals surface area contributed by atoms with Crippen LogP contribution in [-0.2, 0) is 11.3 Å². The van der Waals surface area contributed by atoms with Crippen molar-refractivity contribution in [1.82, 2.24) is 15.2 Å². The van der Waals surface area contributed by atoms with E-state index in [0.29, 0.717) is 12.5 Å². The lowest BCUT2D eigenvalue weighted by Crippen LogP contribution is -2.43. The smallest absolute Gasteiger partial charge is 0.410 e. The summed E-state index contributed by atoms with van der Waals surface area (Å²) in [6.07, 6.45) is 3.53. The third kappa shape index (κ3) is 5.33. The van der Waals surface area contributed by atoms with Gasteiger partial charge in [0.1, 0.15) is 11.4 Å². The highest BCUT2D eigenvalue weighted by Crippen LogP contribution is 2.19. The molecule has 1 amide bonds. The van der Waals surface area contributed by atoms with Gasteiger partial charge in [0.15, 0.2) is 0 Å². The lowest BCUT2D eigenvalue weighted by Gasteiger charge is -2.33. The average Bonchev–Trinajstić information content (AvgIpc) is 2.83. The van der Waals surface area contributed by atoms with Crippen LogP contribution in [0.4, 0.5) is 4.79 Å². The van der Waals surface area contributed by atoms with Gasteiger partial charge in [-0.1, -0.05) is 0 Å². The minimum absolute atomic E-state index is 0.200. The van der Waals surface area contributed by atoms with E-state index in [0.717, 1.165) is 44.1 Å². The maximum Gasteiger partial charge on any atom is 0.410 e. The standard InChI is InChI=1S/C16H27N3O3/c1-12-9-18-14(21-12)11-17-10-13-5-7-19(8-6-13)15(20)22-16(2,3)4/h9,13,17H,5-8,10-11H2,1-4H3. The maximum absolute atomic E-state index is 12.0. The van der Waals surface area contributed by atoms with Crippen molar-refractivity contribution < 1.29 is 13.9 Å². The summed E-state index contributed by atoms with van der Waals surface area (Å²) in [7, 11) is 0. The number of piperidine rings is 1. The Morgan fingerprint density at radius 2 is 2.14 bits per heavy atom. The Morgan fingerprint density at radius 1 is 1.45 bits per heavy atom. The summed E-state index contributed by atoms with van der Waals surface area (Å²) in [5.41, 5.74) is -0.427. The molecule has 124 valence electrons. The molecule has 1 N–H and O–H groups in total. The lowest BCUT2D eigenvalue weighted by molar-refractivity contribution is 0.0184. The fraction of sp³-hybridized carbons (Fsp3) is 0.750. The number of likely N-dealkylation sites (tertiary alicyclic amines) is 1. The van der Waals surface area contributed by atoms with Gasteiger partial charge in [0.05, 0.1) is 12.7 Å². The molecule has 0 radical (unpaired) electrons. The number of carbonyl (C=O) groups is 1.